The number of aromatic nitrogens is 1. The lowest BCUT2D eigenvalue weighted by Gasteiger charge is -2.09. The number of halogens is 3. The van der Waals surface area contributed by atoms with E-state index in [9.17, 15) is 4.79 Å². The number of benzene rings is 1. The maximum absolute atomic E-state index is 12.1. The van der Waals surface area contributed by atoms with Crippen molar-refractivity contribution in [1.29, 1.82) is 0 Å². The molecule has 2 rings (SSSR count). The van der Waals surface area contributed by atoms with Crippen LogP contribution in [0.1, 0.15) is 16.1 Å². The predicted octanol–water partition coefficient (Wildman–Crippen LogP) is 4.60. The molecule has 1 N–H and O–H groups in total. The number of anilines is 1. The quantitative estimate of drug-likeness (QED) is 0.823. The maximum atomic E-state index is 12.1. The van der Waals surface area contributed by atoms with E-state index in [1.165, 1.54) is 0 Å². The highest BCUT2D eigenvalue weighted by Gasteiger charge is 2.13. The summed E-state index contributed by atoms with van der Waals surface area (Å²) in [6.45, 7) is 1.75. The van der Waals surface area contributed by atoms with Gasteiger partial charge in [0.1, 0.15) is 5.15 Å². The van der Waals surface area contributed by atoms with E-state index >= 15 is 0 Å². The van der Waals surface area contributed by atoms with Crippen LogP contribution in [-0.2, 0) is 0 Å². The van der Waals surface area contributed by atoms with Crippen LogP contribution in [0.2, 0.25) is 15.2 Å². The highest BCUT2D eigenvalue weighted by Crippen LogP contribution is 2.26. The smallest absolute Gasteiger partial charge is 0.257 e. The van der Waals surface area contributed by atoms with Crippen molar-refractivity contribution in [1.82, 2.24) is 4.98 Å². The number of aryl methyl sites for hydroxylation is 1. The zero-order chi connectivity index (χ0) is 14.0. The molecule has 0 aliphatic carbocycles. The molecule has 3 nitrogen and oxygen atoms in total. The Balaban J connectivity index is 2.28. The fraction of sp³-hybridized carbons (Fsp3) is 0.0769. The molecule has 1 heterocycles. The number of rotatable bonds is 2. The molecule has 0 aliphatic heterocycles. The van der Waals surface area contributed by atoms with Crippen LogP contribution in [0, 0.1) is 6.92 Å². The summed E-state index contributed by atoms with van der Waals surface area (Å²) in [5, 5.41) is 3.65. The first-order chi connectivity index (χ1) is 8.99. The van der Waals surface area contributed by atoms with Crippen molar-refractivity contribution in [2.24, 2.45) is 0 Å². The van der Waals surface area contributed by atoms with Gasteiger partial charge in [-0.3, -0.25) is 4.79 Å². The molecule has 98 valence electrons. The van der Waals surface area contributed by atoms with Gasteiger partial charge in [-0.05, 0) is 31.2 Å². The molecule has 0 unspecified atom stereocenters. The highest BCUT2D eigenvalue weighted by molar-refractivity contribution is 6.44. The number of amides is 1. The summed E-state index contributed by atoms with van der Waals surface area (Å²) in [4.78, 5) is 16.2. The number of carbonyl (C=O) groups is 1. The molecule has 0 spiro atoms. The van der Waals surface area contributed by atoms with Crippen molar-refractivity contribution in [2.45, 2.75) is 6.92 Å². The number of hydrogen-bond acceptors (Lipinski definition) is 2. The van der Waals surface area contributed by atoms with Gasteiger partial charge in [0.15, 0.2) is 0 Å². The van der Waals surface area contributed by atoms with Gasteiger partial charge in [0.2, 0.25) is 0 Å². The van der Waals surface area contributed by atoms with E-state index in [4.69, 9.17) is 34.8 Å². The van der Waals surface area contributed by atoms with Crippen molar-refractivity contribution < 1.29 is 4.79 Å². The van der Waals surface area contributed by atoms with Gasteiger partial charge in [0.25, 0.3) is 5.91 Å². The molecule has 0 radical (unpaired) electrons. The number of carbonyl (C=O) groups excluding carboxylic acids is 1. The average Bonchev–Trinajstić information content (AvgIpc) is 2.36. The normalized spacial score (nSPS) is 10.3. The Morgan fingerprint density at radius 3 is 2.58 bits per heavy atom. The molecule has 2 aromatic rings. The second kappa shape index (κ2) is 5.78. The van der Waals surface area contributed by atoms with Crippen LogP contribution < -0.4 is 5.32 Å². The van der Waals surface area contributed by atoms with E-state index in [-0.39, 0.29) is 10.9 Å². The zero-order valence-electron chi connectivity index (χ0n) is 9.88. The lowest BCUT2D eigenvalue weighted by molar-refractivity contribution is 0.102. The fourth-order valence-corrected chi connectivity index (χ4v) is 2.11. The molecule has 1 aromatic heterocycles. The van der Waals surface area contributed by atoms with Crippen LogP contribution in [0.15, 0.2) is 30.3 Å². The van der Waals surface area contributed by atoms with Crippen LogP contribution in [0.3, 0.4) is 0 Å². The van der Waals surface area contributed by atoms with Crippen molar-refractivity contribution in [3.05, 3.63) is 56.8 Å². The molecule has 1 amide bonds. The van der Waals surface area contributed by atoms with Gasteiger partial charge in [0, 0.05) is 0 Å². The minimum absolute atomic E-state index is 0.223. The predicted molar refractivity (Wildman–Crippen MR) is 78.4 cm³/mol. The summed E-state index contributed by atoms with van der Waals surface area (Å²) in [6, 6.07) is 8.17. The first kappa shape index (κ1) is 14.1. The SMILES string of the molecule is Cc1nc(Cl)ccc1NC(=O)c1cccc(Cl)c1Cl. The first-order valence-corrected chi connectivity index (χ1v) is 6.51. The monoisotopic (exact) mass is 314 g/mol. The van der Waals surface area contributed by atoms with Gasteiger partial charge < -0.3 is 5.32 Å². The van der Waals surface area contributed by atoms with E-state index in [2.05, 4.69) is 10.3 Å². The van der Waals surface area contributed by atoms with E-state index in [0.717, 1.165) is 0 Å². The average molecular weight is 316 g/mol. The summed E-state index contributed by atoms with van der Waals surface area (Å²) < 4.78 is 0. The van der Waals surface area contributed by atoms with Gasteiger partial charge >= 0.3 is 0 Å². The second-order valence-electron chi connectivity index (χ2n) is 3.82. The van der Waals surface area contributed by atoms with E-state index < -0.39 is 0 Å². The van der Waals surface area contributed by atoms with Gasteiger partial charge in [-0.25, -0.2) is 4.98 Å². The van der Waals surface area contributed by atoms with Crippen molar-refractivity contribution in [2.75, 3.05) is 5.32 Å². The van der Waals surface area contributed by atoms with Crippen LogP contribution in [0.5, 0.6) is 0 Å². The molecule has 0 bridgehead atoms. The summed E-state index contributed by atoms with van der Waals surface area (Å²) in [5.41, 5.74) is 1.51. The number of nitrogens with zero attached hydrogens (tertiary/aromatic N) is 1. The molecule has 1 aromatic carbocycles. The molecule has 6 heteroatoms. The Morgan fingerprint density at radius 2 is 1.89 bits per heavy atom. The lowest BCUT2D eigenvalue weighted by atomic mass is 10.2. The van der Waals surface area contributed by atoms with Crippen LogP contribution in [0.25, 0.3) is 0 Å². The summed E-state index contributed by atoms with van der Waals surface area (Å²) in [6.07, 6.45) is 0. The molecule has 0 saturated heterocycles. The maximum Gasteiger partial charge on any atom is 0.257 e. The first-order valence-electron chi connectivity index (χ1n) is 5.37. The van der Waals surface area contributed by atoms with Crippen LogP contribution in [-0.4, -0.2) is 10.9 Å². The number of hydrogen-bond donors (Lipinski definition) is 1. The Labute approximate surface area is 125 Å². The highest BCUT2D eigenvalue weighted by atomic mass is 35.5. The molecule has 0 aliphatic rings. The Kier molecular flexibility index (Phi) is 4.30. The molecular weight excluding hydrogens is 307 g/mol. The molecule has 0 fully saturated rings. The standard InChI is InChI=1S/C13H9Cl3N2O/c1-7-10(5-6-11(15)17-7)18-13(19)8-3-2-4-9(14)12(8)16/h2-6H,1H3,(H,18,19). The third kappa shape index (κ3) is 3.18. The van der Waals surface area contributed by atoms with E-state index in [0.29, 0.717) is 27.1 Å². The Morgan fingerprint density at radius 1 is 1.16 bits per heavy atom. The van der Waals surface area contributed by atoms with Crippen molar-refractivity contribution >= 4 is 46.4 Å². The third-order valence-electron chi connectivity index (χ3n) is 2.50. The fourth-order valence-electron chi connectivity index (χ4n) is 1.53. The number of nitrogens with one attached hydrogen (secondary N) is 1. The van der Waals surface area contributed by atoms with E-state index in [1.807, 2.05) is 0 Å². The molecule has 0 saturated carbocycles. The van der Waals surface area contributed by atoms with Gasteiger partial charge in [0.05, 0.1) is 27.0 Å². The van der Waals surface area contributed by atoms with Crippen LogP contribution in [0.4, 0.5) is 5.69 Å². The summed E-state index contributed by atoms with van der Waals surface area (Å²) in [5.74, 6) is -0.347. The number of pyridine rings is 1. The topological polar surface area (TPSA) is 42.0 Å². The second-order valence-corrected chi connectivity index (χ2v) is 4.99. The lowest BCUT2D eigenvalue weighted by Crippen LogP contribution is -2.13. The summed E-state index contributed by atoms with van der Waals surface area (Å²) in [7, 11) is 0. The Bertz CT molecular complexity index is 644. The Hall–Kier alpha value is -1.29. The minimum Gasteiger partial charge on any atom is -0.320 e. The van der Waals surface area contributed by atoms with E-state index in [1.54, 1.807) is 37.3 Å². The molecular formula is C13H9Cl3N2O. The molecule has 0 atom stereocenters. The van der Waals surface area contributed by atoms with Crippen molar-refractivity contribution in [3.8, 4) is 0 Å². The van der Waals surface area contributed by atoms with Gasteiger partial charge in [-0.2, -0.15) is 0 Å². The van der Waals surface area contributed by atoms with Gasteiger partial charge in [-0.15, -0.1) is 0 Å². The zero-order valence-corrected chi connectivity index (χ0v) is 12.1. The largest absolute Gasteiger partial charge is 0.320 e. The minimum atomic E-state index is -0.347. The van der Waals surface area contributed by atoms with Crippen LogP contribution >= 0.6 is 34.8 Å². The summed E-state index contributed by atoms with van der Waals surface area (Å²) >= 11 is 17.6. The third-order valence-corrected chi connectivity index (χ3v) is 3.53. The van der Waals surface area contributed by atoms with Gasteiger partial charge in [-0.1, -0.05) is 40.9 Å². The van der Waals surface area contributed by atoms with Crippen molar-refractivity contribution in [3.63, 3.8) is 0 Å². The molecule has 19 heavy (non-hydrogen) atoms.